The molecule has 0 amide bonds. The predicted molar refractivity (Wildman–Crippen MR) is 76.4 cm³/mol. The molecule has 102 valence electrons. The number of ether oxygens (including phenoxy) is 1. The Morgan fingerprint density at radius 2 is 1.61 bits per heavy atom. The highest BCUT2D eigenvalue weighted by atomic mass is 16.5. The van der Waals surface area contributed by atoms with E-state index in [1.165, 1.54) is 5.56 Å². The Kier molecular flexibility index (Phi) is 7.33. The van der Waals surface area contributed by atoms with Crippen LogP contribution >= 0.6 is 0 Å². The summed E-state index contributed by atoms with van der Waals surface area (Å²) in [5, 5.41) is 0. The molecule has 0 saturated carbocycles. The van der Waals surface area contributed by atoms with E-state index < -0.39 is 5.41 Å². The van der Waals surface area contributed by atoms with E-state index in [1.807, 2.05) is 52.8 Å². The topological polar surface area (TPSA) is 26.3 Å². The van der Waals surface area contributed by atoms with Crippen LogP contribution in [-0.2, 0) is 22.6 Å². The molecule has 0 aliphatic heterocycles. The first kappa shape index (κ1) is 16.7. The van der Waals surface area contributed by atoms with E-state index in [9.17, 15) is 4.79 Å². The van der Waals surface area contributed by atoms with Gasteiger partial charge in [-0.3, -0.25) is 4.79 Å². The van der Waals surface area contributed by atoms with Gasteiger partial charge in [-0.05, 0) is 38.3 Å². The molecule has 2 nitrogen and oxygen atoms in total. The van der Waals surface area contributed by atoms with Gasteiger partial charge >= 0.3 is 5.97 Å². The van der Waals surface area contributed by atoms with Crippen molar-refractivity contribution < 1.29 is 9.53 Å². The molecule has 0 unspecified atom stereocenters. The van der Waals surface area contributed by atoms with Crippen LogP contribution in [0, 0.1) is 5.41 Å². The molecule has 2 heteroatoms. The average Bonchev–Trinajstić information content (AvgIpc) is 2.37. The molecule has 1 aromatic carbocycles. The van der Waals surface area contributed by atoms with Crippen LogP contribution in [0.15, 0.2) is 24.3 Å². The summed E-state index contributed by atoms with van der Waals surface area (Å²) in [5.41, 5.74) is 1.91. The zero-order chi connectivity index (χ0) is 14.2. The third-order valence-corrected chi connectivity index (χ3v) is 2.47. The van der Waals surface area contributed by atoms with Crippen molar-refractivity contribution in [3.05, 3.63) is 35.4 Å². The minimum atomic E-state index is -0.429. The van der Waals surface area contributed by atoms with Gasteiger partial charge in [0.2, 0.25) is 0 Å². The smallest absolute Gasteiger partial charge is 0.311 e. The van der Waals surface area contributed by atoms with Crippen molar-refractivity contribution in [2.75, 3.05) is 0 Å². The van der Waals surface area contributed by atoms with Gasteiger partial charge < -0.3 is 4.74 Å². The maximum absolute atomic E-state index is 11.6. The van der Waals surface area contributed by atoms with E-state index in [0.717, 1.165) is 12.0 Å². The van der Waals surface area contributed by atoms with Crippen LogP contribution < -0.4 is 0 Å². The lowest BCUT2D eigenvalue weighted by molar-refractivity contribution is -0.154. The molecule has 0 radical (unpaired) electrons. The molecule has 1 rings (SSSR count). The monoisotopic (exact) mass is 250 g/mol. The Labute approximate surface area is 111 Å². The summed E-state index contributed by atoms with van der Waals surface area (Å²) in [7, 11) is 0. The number of esters is 1. The second kappa shape index (κ2) is 7.91. The Morgan fingerprint density at radius 3 is 2.06 bits per heavy atom. The molecule has 0 bridgehead atoms. The Bertz CT molecular complexity index is 362. The van der Waals surface area contributed by atoms with Gasteiger partial charge in [-0.1, -0.05) is 45.0 Å². The molecule has 0 N–H and O–H groups in total. The van der Waals surface area contributed by atoms with E-state index >= 15 is 0 Å². The molecule has 0 aromatic heterocycles. The maximum Gasteiger partial charge on any atom is 0.311 e. The number of aryl methyl sites for hydroxylation is 1. The lowest BCUT2D eigenvalue weighted by Crippen LogP contribution is -2.22. The second-order valence-corrected chi connectivity index (χ2v) is 4.95. The summed E-state index contributed by atoms with van der Waals surface area (Å²) in [6, 6.07) is 8.06. The number of carbonyl (C=O) groups is 1. The van der Waals surface area contributed by atoms with E-state index in [0.29, 0.717) is 6.61 Å². The fourth-order valence-electron chi connectivity index (χ4n) is 1.40. The van der Waals surface area contributed by atoms with Crippen LogP contribution in [0.5, 0.6) is 0 Å². The van der Waals surface area contributed by atoms with E-state index in [2.05, 4.69) is 13.0 Å². The van der Waals surface area contributed by atoms with E-state index in [-0.39, 0.29) is 5.97 Å². The normalized spacial score (nSPS) is 10.3. The minimum absolute atomic E-state index is 0.154. The summed E-state index contributed by atoms with van der Waals surface area (Å²) in [4.78, 5) is 11.6. The average molecular weight is 250 g/mol. The number of hydrogen-bond acceptors (Lipinski definition) is 2. The quantitative estimate of drug-likeness (QED) is 0.745. The van der Waals surface area contributed by atoms with Crippen molar-refractivity contribution >= 4 is 5.97 Å². The minimum Gasteiger partial charge on any atom is -0.460 e. The van der Waals surface area contributed by atoms with Crippen molar-refractivity contribution in [3.8, 4) is 0 Å². The van der Waals surface area contributed by atoms with Gasteiger partial charge in [0.1, 0.15) is 6.61 Å². The van der Waals surface area contributed by atoms with Crippen LogP contribution in [0.25, 0.3) is 0 Å². The largest absolute Gasteiger partial charge is 0.460 e. The molecule has 0 saturated heterocycles. The first-order chi connectivity index (χ1) is 8.45. The molecule has 0 aliphatic carbocycles. The Hall–Kier alpha value is -1.31. The number of rotatable bonds is 3. The lowest BCUT2D eigenvalue weighted by Gasteiger charge is -2.17. The lowest BCUT2D eigenvalue weighted by atomic mass is 9.97. The van der Waals surface area contributed by atoms with Crippen molar-refractivity contribution in [1.82, 2.24) is 0 Å². The molecular weight excluding hydrogens is 224 g/mol. The van der Waals surface area contributed by atoms with E-state index in [4.69, 9.17) is 4.74 Å². The van der Waals surface area contributed by atoms with Crippen LogP contribution in [0.2, 0.25) is 0 Å². The highest BCUT2D eigenvalue weighted by Gasteiger charge is 2.23. The van der Waals surface area contributed by atoms with Gasteiger partial charge in [0.25, 0.3) is 0 Å². The van der Waals surface area contributed by atoms with E-state index in [1.54, 1.807) is 0 Å². The molecule has 18 heavy (non-hydrogen) atoms. The summed E-state index contributed by atoms with van der Waals surface area (Å²) in [6.07, 6.45) is 0.962. The number of hydrogen-bond donors (Lipinski definition) is 0. The molecule has 1 aromatic rings. The Balaban J connectivity index is 0.00000137. The first-order valence-electron chi connectivity index (χ1n) is 6.69. The SMILES string of the molecule is CC.CCc1ccccc1COC(=O)C(C)(C)C. The fraction of sp³-hybridized carbons (Fsp3) is 0.562. The molecule has 0 heterocycles. The van der Waals surface area contributed by atoms with Crippen LogP contribution in [0.3, 0.4) is 0 Å². The zero-order valence-electron chi connectivity index (χ0n) is 12.5. The fourth-order valence-corrected chi connectivity index (χ4v) is 1.40. The van der Waals surface area contributed by atoms with Crippen molar-refractivity contribution in [2.24, 2.45) is 5.41 Å². The Morgan fingerprint density at radius 1 is 1.11 bits per heavy atom. The van der Waals surface area contributed by atoms with Gasteiger partial charge in [0.05, 0.1) is 5.41 Å². The van der Waals surface area contributed by atoms with Crippen molar-refractivity contribution in [3.63, 3.8) is 0 Å². The summed E-state index contributed by atoms with van der Waals surface area (Å²) >= 11 is 0. The zero-order valence-corrected chi connectivity index (χ0v) is 12.5. The molecule has 0 fully saturated rings. The van der Waals surface area contributed by atoms with Crippen molar-refractivity contribution in [1.29, 1.82) is 0 Å². The van der Waals surface area contributed by atoms with Crippen molar-refractivity contribution in [2.45, 2.75) is 54.6 Å². The molecule has 0 aliphatic rings. The highest BCUT2D eigenvalue weighted by Crippen LogP contribution is 2.17. The number of carbonyl (C=O) groups excluding carboxylic acids is 1. The van der Waals surface area contributed by atoms with Gasteiger partial charge in [0.15, 0.2) is 0 Å². The molecule has 0 spiro atoms. The first-order valence-corrected chi connectivity index (χ1v) is 6.69. The summed E-state index contributed by atoms with van der Waals surface area (Å²) < 4.78 is 5.30. The van der Waals surface area contributed by atoms with Gasteiger partial charge in [-0.15, -0.1) is 0 Å². The van der Waals surface area contributed by atoms with Crippen LogP contribution in [-0.4, -0.2) is 5.97 Å². The van der Waals surface area contributed by atoms with Gasteiger partial charge in [-0.2, -0.15) is 0 Å². The maximum atomic E-state index is 11.6. The second-order valence-electron chi connectivity index (χ2n) is 4.95. The third kappa shape index (κ3) is 5.35. The third-order valence-electron chi connectivity index (χ3n) is 2.47. The summed E-state index contributed by atoms with van der Waals surface area (Å²) in [6.45, 7) is 12.1. The predicted octanol–water partition coefficient (Wildman–Crippen LogP) is 4.36. The van der Waals surface area contributed by atoms with Crippen LogP contribution in [0.4, 0.5) is 0 Å². The molecular formula is C16H26O2. The van der Waals surface area contributed by atoms with Crippen LogP contribution in [0.1, 0.15) is 52.7 Å². The molecule has 0 atom stereocenters. The number of benzene rings is 1. The van der Waals surface area contributed by atoms with Gasteiger partial charge in [-0.25, -0.2) is 0 Å². The van der Waals surface area contributed by atoms with Gasteiger partial charge in [0, 0.05) is 0 Å². The highest BCUT2D eigenvalue weighted by molar-refractivity contribution is 5.75. The standard InChI is InChI=1S/C14H20O2.C2H6/c1-5-11-8-6-7-9-12(11)10-16-13(15)14(2,3)4;1-2/h6-9H,5,10H2,1-4H3;1-2H3. The summed E-state index contributed by atoms with van der Waals surface area (Å²) in [5.74, 6) is -0.154.